The summed E-state index contributed by atoms with van der Waals surface area (Å²) in [7, 11) is -2.74. The molecule has 102 valence electrons. The maximum Gasteiger partial charge on any atom is 0.243 e. The smallest absolute Gasteiger partial charge is 0.243 e. The van der Waals surface area contributed by atoms with Crippen molar-refractivity contribution < 1.29 is 22.7 Å². The quantitative estimate of drug-likeness (QED) is 0.813. The fraction of sp³-hybridized carbons (Fsp3) is 0.400. The predicted molar refractivity (Wildman–Crippen MR) is 64.5 cm³/mol. The third-order valence-corrected chi connectivity index (χ3v) is 3.95. The zero-order chi connectivity index (χ0) is 13.8. The maximum absolute atomic E-state index is 13.6. The van der Waals surface area contributed by atoms with Crippen LogP contribution in [-0.4, -0.2) is 39.9 Å². The first kappa shape index (κ1) is 15.3. The van der Waals surface area contributed by atoms with Gasteiger partial charge in [0.1, 0.15) is 4.90 Å². The van der Waals surface area contributed by atoms with E-state index in [1.807, 2.05) is 0 Å². The summed E-state index contributed by atoms with van der Waals surface area (Å²) in [5.74, 6) is -1.03. The van der Waals surface area contributed by atoms with Crippen LogP contribution in [-0.2, 0) is 14.8 Å². The zero-order valence-corrected chi connectivity index (χ0v) is 11.1. The van der Waals surface area contributed by atoms with E-state index in [1.54, 1.807) is 0 Å². The number of benzene rings is 1. The van der Waals surface area contributed by atoms with Crippen molar-refractivity contribution in [2.75, 3.05) is 20.3 Å². The zero-order valence-electron chi connectivity index (χ0n) is 9.56. The Labute approximate surface area is 110 Å². The summed E-state index contributed by atoms with van der Waals surface area (Å²) in [5.41, 5.74) is 0. The van der Waals surface area contributed by atoms with E-state index in [1.165, 1.54) is 19.2 Å². The Morgan fingerprint density at radius 1 is 1.56 bits per heavy atom. The Balaban J connectivity index is 3.03. The average Bonchev–Trinajstić information content (AvgIpc) is 2.31. The molecule has 18 heavy (non-hydrogen) atoms. The van der Waals surface area contributed by atoms with Crippen LogP contribution >= 0.6 is 11.6 Å². The number of halogens is 2. The molecular formula is C10H13ClFNO4S. The second-order valence-corrected chi connectivity index (χ2v) is 5.60. The van der Waals surface area contributed by atoms with Gasteiger partial charge in [0, 0.05) is 7.11 Å². The molecule has 0 spiro atoms. The van der Waals surface area contributed by atoms with Gasteiger partial charge < -0.3 is 9.84 Å². The third-order valence-electron chi connectivity index (χ3n) is 2.12. The standard InChI is InChI=1S/C10H13ClFNO4S/c1-17-6-7(5-14)13-18(15,16)9-4-2-3-8(11)10(9)12/h2-4,7,13-14H,5-6H2,1H3. The molecule has 1 rings (SSSR count). The van der Waals surface area contributed by atoms with E-state index < -0.39 is 33.4 Å². The second-order valence-electron chi connectivity index (χ2n) is 3.51. The highest BCUT2D eigenvalue weighted by Crippen LogP contribution is 2.21. The molecule has 1 unspecified atom stereocenters. The maximum atomic E-state index is 13.6. The van der Waals surface area contributed by atoms with Crippen LogP contribution in [0.3, 0.4) is 0 Å². The first-order chi connectivity index (χ1) is 8.42. The predicted octanol–water partition coefficient (Wildman–Crippen LogP) is 0.765. The summed E-state index contributed by atoms with van der Waals surface area (Å²) in [6.07, 6.45) is 0. The van der Waals surface area contributed by atoms with Crippen LogP contribution < -0.4 is 4.72 Å². The molecule has 0 aromatic heterocycles. The molecule has 0 saturated heterocycles. The number of methoxy groups -OCH3 is 1. The van der Waals surface area contributed by atoms with Crippen LogP contribution in [0.15, 0.2) is 23.1 Å². The van der Waals surface area contributed by atoms with Gasteiger partial charge in [-0.3, -0.25) is 0 Å². The minimum atomic E-state index is -4.10. The number of hydrogen-bond donors (Lipinski definition) is 2. The fourth-order valence-corrected chi connectivity index (χ4v) is 2.84. The van der Waals surface area contributed by atoms with Crippen molar-refractivity contribution in [3.05, 3.63) is 29.0 Å². The first-order valence-corrected chi connectivity index (χ1v) is 6.84. The van der Waals surface area contributed by atoms with Gasteiger partial charge in [-0.15, -0.1) is 0 Å². The minimum absolute atomic E-state index is 0.0298. The van der Waals surface area contributed by atoms with Crippen molar-refractivity contribution >= 4 is 21.6 Å². The van der Waals surface area contributed by atoms with Gasteiger partial charge in [0.25, 0.3) is 0 Å². The molecule has 0 bridgehead atoms. The molecule has 0 fully saturated rings. The lowest BCUT2D eigenvalue weighted by molar-refractivity contribution is 0.139. The van der Waals surface area contributed by atoms with E-state index >= 15 is 0 Å². The lowest BCUT2D eigenvalue weighted by atomic mass is 10.3. The Bertz CT molecular complexity index is 509. The highest BCUT2D eigenvalue weighted by Gasteiger charge is 2.24. The normalized spacial score (nSPS) is 13.6. The van der Waals surface area contributed by atoms with E-state index in [0.717, 1.165) is 6.07 Å². The van der Waals surface area contributed by atoms with Crippen molar-refractivity contribution in [3.63, 3.8) is 0 Å². The average molecular weight is 298 g/mol. The highest BCUT2D eigenvalue weighted by molar-refractivity contribution is 7.89. The van der Waals surface area contributed by atoms with Crippen molar-refractivity contribution in [2.24, 2.45) is 0 Å². The molecule has 0 aliphatic rings. The number of nitrogens with one attached hydrogen (secondary N) is 1. The number of aliphatic hydroxyl groups excluding tert-OH is 1. The summed E-state index contributed by atoms with van der Waals surface area (Å²) in [6, 6.07) is 2.81. The lowest BCUT2D eigenvalue weighted by Crippen LogP contribution is -2.40. The number of rotatable bonds is 6. The Kier molecular flexibility index (Phi) is 5.48. The van der Waals surface area contributed by atoms with Gasteiger partial charge in [-0.1, -0.05) is 17.7 Å². The molecule has 0 radical (unpaired) electrons. The van der Waals surface area contributed by atoms with Gasteiger partial charge in [0.05, 0.1) is 24.3 Å². The molecule has 1 atom stereocenters. The number of sulfonamides is 1. The molecule has 0 saturated carbocycles. The van der Waals surface area contributed by atoms with Crippen LogP contribution in [0.4, 0.5) is 4.39 Å². The molecule has 0 aliphatic carbocycles. The summed E-state index contributed by atoms with van der Waals surface area (Å²) >= 11 is 5.51. The SMILES string of the molecule is COCC(CO)NS(=O)(=O)c1cccc(Cl)c1F. The van der Waals surface area contributed by atoms with Gasteiger partial charge in [0.15, 0.2) is 5.82 Å². The molecule has 5 nitrogen and oxygen atoms in total. The topological polar surface area (TPSA) is 75.6 Å². The van der Waals surface area contributed by atoms with Gasteiger partial charge in [-0.25, -0.2) is 17.5 Å². The molecule has 2 N–H and O–H groups in total. The minimum Gasteiger partial charge on any atom is -0.395 e. The third kappa shape index (κ3) is 3.63. The Morgan fingerprint density at radius 3 is 2.78 bits per heavy atom. The van der Waals surface area contributed by atoms with Crippen molar-refractivity contribution in [3.8, 4) is 0 Å². The van der Waals surface area contributed by atoms with Crippen LogP contribution in [0.5, 0.6) is 0 Å². The molecule has 8 heteroatoms. The number of hydrogen-bond acceptors (Lipinski definition) is 4. The van der Waals surface area contributed by atoms with Crippen LogP contribution in [0.2, 0.25) is 5.02 Å². The first-order valence-electron chi connectivity index (χ1n) is 4.98. The van der Waals surface area contributed by atoms with Crippen LogP contribution in [0.25, 0.3) is 0 Å². The Morgan fingerprint density at radius 2 is 2.22 bits per heavy atom. The van der Waals surface area contributed by atoms with E-state index in [0.29, 0.717) is 0 Å². The van der Waals surface area contributed by atoms with Gasteiger partial charge >= 0.3 is 0 Å². The largest absolute Gasteiger partial charge is 0.395 e. The summed E-state index contributed by atoms with van der Waals surface area (Å²) in [4.78, 5) is -0.565. The van der Waals surface area contributed by atoms with Crippen molar-refractivity contribution in [1.29, 1.82) is 0 Å². The van der Waals surface area contributed by atoms with Crippen LogP contribution in [0, 0.1) is 5.82 Å². The van der Waals surface area contributed by atoms with E-state index in [2.05, 4.69) is 4.72 Å². The van der Waals surface area contributed by atoms with Crippen molar-refractivity contribution in [1.82, 2.24) is 4.72 Å². The van der Waals surface area contributed by atoms with Gasteiger partial charge in [0.2, 0.25) is 10.0 Å². The Hall–Kier alpha value is -0.730. The molecule has 0 aliphatic heterocycles. The van der Waals surface area contributed by atoms with Gasteiger partial charge in [-0.2, -0.15) is 0 Å². The number of ether oxygens (including phenoxy) is 1. The molecule has 0 heterocycles. The van der Waals surface area contributed by atoms with Crippen molar-refractivity contribution in [2.45, 2.75) is 10.9 Å². The second kappa shape index (κ2) is 6.44. The lowest BCUT2D eigenvalue weighted by Gasteiger charge is -2.15. The summed E-state index contributed by atoms with van der Waals surface area (Å²) in [6.45, 7) is -0.493. The monoisotopic (exact) mass is 297 g/mol. The number of aliphatic hydroxyl groups is 1. The van der Waals surface area contributed by atoms with E-state index in [9.17, 15) is 12.8 Å². The van der Waals surface area contributed by atoms with E-state index in [4.69, 9.17) is 21.4 Å². The molecular weight excluding hydrogens is 285 g/mol. The molecule has 1 aromatic rings. The summed E-state index contributed by atoms with van der Waals surface area (Å²) < 4.78 is 44.2. The summed E-state index contributed by atoms with van der Waals surface area (Å²) in [5, 5.41) is 8.68. The fourth-order valence-electron chi connectivity index (χ4n) is 1.30. The van der Waals surface area contributed by atoms with Gasteiger partial charge in [-0.05, 0) is 12.1 Å². The molecule has 0 amide bonds. The molecule has 1 aromatic carbocycles. The van der Waals surface area contributed by atoms with Crippen LogP contribution in [0.1, 0.15) is 0 Å². The highest BCUT2D eigenvalue weighted by atomic mass is 35.5. The van der Waals surface area contributed by atoms with E-state index in [-0.39, 0.29) is 11.6 Å².